The molecular weight excluding hydrogens is 1230 g/mol. The van der Waals surface area contributed by atoms with Gasteiger partial charge in [0.1, 0.15) is 0 Å². The van der Waals surface area contributed by atoms with Gasteiger partial charge in [-0.3, -0.25) is 0 Å². The zero-order valence-corrected chi connectivity index (χ0v) is 57.5. The van der Waals surface area contributed by atoms with Crippen LogP contribution >= 0.6 is 0 Å². The molecule has 2 aromatic heterocycles. The first kappa shape index (κ1) is 60.5. The maximum absolute atomic E-state index is 2.53. The predicted octanol–water partition coefficient (Wildman–Crippen LogP) is 26.3. The lowest BCUT2D eigenvalue weighted by Crippen LogP contribution is -2.17. The molecule has 0 fully saturated rings. The summed E-state index contributed by atoms with van der Waals surface area (Å²) in [4.78, 5) is 0. The van der Waals surface area contributed by atoms with Crippen molar-refractivity contribution >= 4 is 66.9 Å². The summed E-state index contributed by atoms with van der Waals surface area (Å²) in [5, 5.41) is 5.02. The minimum absolute atomic E-state index is 0.191. The first-order valence-corrected chi connectivity index (χ1v) is 35.7. The van der Waals surface area contributed by atoms with Gasteiger partial charge >= 0.3 is 0 Å². The van der Waals surface area contributed by atoms with Crippen molar-refractivity contribution < 1.29 is 0 Å². The molecule has 0 saturated carbocycles. The van der Waals surface area contributed by atoms with E-state index in [0.29, 0.717) is 0 Å². The van der Waals surface area contributed by atoms with Crippen LogP contribution in [0.4, 0.5) is 0 Å². The maximum Gasteiger partial charge on any atom is 0.0541 e. The van der Waals surface area contributed by atoms with E-state index in [9.17, 15) is 0 Å². The molecule has 0 saturated heterocycles. The van der Waals surface area contributed by atoms with Crippen LogP contribution in [0.2, 0.25) is 0 Å². The van der Waals surface area contributed by atoms with Crippen molar-refractivity contribution in [1.82, 2.24) is 9.13 Å². The van der Waals surface area contributed by atoms with Crippen molar-refractivity contribution in [3.63, 3.8) is 0 Å². The monoisotopic (exact) mass is 1300 g/mol. The molecular formula is C100H72N2. The topological polar surface area (TPSA) is 9.86 Å². The molecule has 2 nitrogen and oxygen atoms in total. The van der Waals surface area contributed by atoms with Crippen molar-refractivity contribution in [2.24, 2.45) is 0 Å². The summed E-state index contributed by atoms with van der Waals surface area (Å²) in [6.45, 7) is 9.67. The Morgan fingerprint density at radius 1 is 0.225 bits per heavy atom. The molecule has 102 heavy (non-hydrogen) atoms. The second kappa shape index (κ2) is 24.1. The minimum Gasteiger partial charge on any atom is -0.309 e. The van der Waals surface area contributed by atoms with Gasteiger partial charge in [0.25, 0.3) is 0 Å². The predicted molar refractivity (Wildman–Crippen MR) is 432 cm³/mol. The van der Waals surface area contributed by atoms with Crippen molar-refractivity contribution in [3.8, 4) is 78.1 Å². The summed E-state index contributed by atoms with van der Waals surface area (Å²) >= 11 is 0. The summed E-state index contributed by atoms with van der Waals surface area (Å²) in [7, 11) is 0. The van der Waals surface area contributed by atoms with Crippen LogP contribution in [-0.2, 0) is 10.8 Å². The Hall–Kier alpha value is -12.6. The zero-order valence-electron chi connectivity index (χ0n) is 57.5. The second-order valence-corrected chi connectivity index (χ2v) is 28.8. The van der Waals surface area contributed by atoms with E-state index in [1.54, 1.807) is 0 Å². The van der Waals surface area contributed by atoms with E-state index in [-0.39, 0.29) is 10.8 Å². The molecule has 0 radical (unpaired) electrons. The number of nitrogens with zero attached hydrogens (tertiary/aromatic N) is 2. The van der Waals surface area contributed by atoms with Crippen molar-refractivity contribution in [2.45, 2.75) is 38.5 Å². The van der Waals surface area contributed by atoms with Gasteiger partial charge < -0.3 is 9.13 Å². The number of fused-ring (bicyclic) bond motifs is 12. The number of aromatic nitrogens is 2. The quantitative estimate of drug-likeness (QED) is 0.108. The van der Waals surface area contributed by atoms with Crippen molar-refractivity contribution in [3.05, 3.63) is 407 Å². The van der Waals surface area contributed by atoms with Crippen LogP contribution in [0.3, 0.4) is 0 Å². The Labute approximate surface area is 596 Å². The number of hydrogen-bond donors (Lipinski definition) is 0. The molecule has 2 heteroatoms. The Bertz CT molecular complexity index is 5820. The Balaban J connectivity index is 0.570. The van der Waals surface area contributed by atoms with Gasteiger partial charge in [-0.1, -0.05) is 295 Å². The molecule has 0 spiro atoms. The molecule has 482 valence electrons. The first-order valence-electron chi connectivity index (χ1n) is 35.7. The number of hydrogen-bond acceptors (Lipinski definition) is 0. The average Bonchev–Trinajstić information content (AvgIpc) is 1.55. The fourth-order valence-corrected chi connectivity index (χ4v) is 16.8. The maximum atomic E-state index is 2.53. The molecule has 0 atom stereocenters. The third kappa shape index (κ3) is 10.2. The van der Waals surface area contributed by atoms with Gasteiger partial charge in [-0.2, -0.15) is 0 Å². The highest BCUT2D eigenvalue weighted by molar-refractivity contribution is 6.12. The van der Waals surface area contributed by atoms with E-state index in [0.717, 1.165) is 11.1 Å². The molecule has 17 aromatic rings. The van der Waals surface area contributed by atoms with Crippen LogP contribution in [-0.4, -0.2) is 9.13 Å². The number of para-hydroxylation sites is 4. The molecule has 2 aliphatic carbocycles. The SMILES string of the molecule is CC1(C)c2cc(-c3ccc(/C=C(\c4ccccc4)c4ccc(-c5ccc6c(c5)c5ccccc5n6-c5ccccc5)cc4)cc3)ccc2-c2cc3c(cc21)-c1ccc(-c2ccc(/C=C(\c4ccccc4)c4ccc(-c5ccc6c(c5)c5ccccc5n6-c5ccccc5)cc4)cc2)cc1C3(C)C. The van der Waals surface area contributed by atoms with Crippen LogP contribution in [0.1, 0.15) is 83.3 Å². The van der Waals surface area contributed by atoms with Crippen LogP contribution < -0.4 is 0 Å². The third-order valence-electron chi connectivity index (χ3n) is 22.2. The Morgan fingerprint density at radius 3 is 0.892 bits per heavy atom. The van der Waals surface area contributed by atoms with Gasteiger partial charge in [0.2, 0.25) is 0 Å². The van der Waals surface area contributed by atoms with Crippen LogP contribution in [0.25, 0.3) is 145 Å². The lowest BCUT2D eigenvalue weighted by molar-refractivity contribution is 0.652. The minimum atomic E-state index is -0.191. The zero-order chi connectivity index (χ0) is 68.2. The molecule has 0 unspecified atom stereocenters. The third-order valence-corrected chi connectivity index (χ3v) is 22.2. The normalized spacial score (nSPS) is 13.6. The summed E-state index contributed by atoms with van der Waals surface area (Å²) in [6, 6.07) is 130. The summed E-state index contributed by atoms with van der Waals surface area (Å²) < 4.78 is 4.75. The second-order valence-electron chi connectivity index (χ2n) is 28.8. The molecule has 0 N–H and O–H groups in total. The molecule has 15 aromatic carbocycles. The van der Waals surface area contributed by atoms with E-state index in [1.807, 2.05) is 0 Å². The van der Waals surface area contributed by atoms with E-state index in [1.165, 1.54) is 177 Å². The van der Waals surface area contributed by atoms with E-state index in [4.69, 9.17) is 0 Å². The average molecular weight is 1300 g/mol. The first-order chi connectivity index (χ1) is 50.1. The smallest absolute Gasteiger partial charge is 0.0541 e. The summed E-state index contributed by atoms with van der Waals surface area (Å²) in [5.74, 6) is 0. The molecule has 2 heterocycles. The van der Waals surface area contributed by atoms with E-state index < -0.39 is 0 Å². The molecule has 0 aliphatic heterocycles. The van der Waals surface area contributed by atoms with Crippen molar-refractivity contribution in [1.29, 1.82) is 0 Å². The fraction of sp³-hybridized carbons (Fsp3) is 0.0600. The van der Waals surface area contributed by atoms with Crippen LogP contribution in [0.5, 0.6) is 0 Å². The Kier molecular flexibility index (Phi) is 14.3. The summed E-state index contributed by atoms with van der Waals surface area (Å²) in [6.07, 6.45) is 4.68. The standard InChI is InChI=1S/C100H72N2/c1-99(2)91-61-77(67-37-33-65(34-38-67)57-85(71-21-9-5-10-22-71)73-45-41-69(42-46-73)75-51-55-97-89(59-75)83-29-17-19-31-95(83)101(97)79-25-13-7-14-26-79)49-53-81(91)87-64-94-88(63-93(87)99)82-54-50-78(62-92(82)100(94,3)4)68-39-35-66(36-40-68)58-86(72-23-11-6-12-24-72)74-47-43-70(44-48-74)76-52-56-98-90(60-76)84-30-18-20-32-96(84)102(98)80-27-15-8-16-28-80/h5-64H,1-4H3/b85-57+,86-58+. The molecule has 0 amide bonds. The fourth-order valence-electron chi connectivity index (χ4n) is 16.8. The highest BCUT2D eigenvalue weighted by atomic mass is 15.0. The largest absolute Gasteiger partial charge is 0.309 e. The Morgan fingerprint density at radius 2 is 0.510 bits per heavy atom. The van der Waals surface area contributed by atoms with Gasteiger partial charge in [0, 0.05) is 43.7 Å². The highest BCUT2D eigenvalue weighted by Gasteiger charge is 2.42. The molecule has 2 aliphatic rings. The van der Waals surface area contributed by atoms with Gasteiger partial charge in [0.05, 0.1) is 22.1 Å². The van der Waals surface area contributed by atoms with Gasteiger partial charge in [-0.05, 0) is 231 Å². The van der Waals surface area contributed by atoms with E-state index in [2.05, 4.69) is 401 Å². The van der Waals surface area contributed by atoms with Gasteiger partial charge in [-0.15, -0.1) is 0 Å². The lowest BCUT2D eigenvalue weighted by Gasteiger charge is -2.24. The van der Waals surface area contributed by atoms with Crippen molar-refractivity contribution in [2.75, 3.05) is 0 Å². The molecule has 19 rings (SSSR count). The molecule has 0 bridgehead atoms. The van der Waals surface area contributed by atoms with Crippen LogP contribution in [0.15, 0.2) is 352 Å². The summed E-state index contributed by atoms with van der Waals surface area (Å²) in [5.41, 5.74) is 36.8. The highest BCUT2D eigenvalue weighted by Crippen LogP contribution is 2.57. The number of rotatable bonds is 12. The van der Waals surface area contributed by atoms with Gasteiger partial charge in [0.15, 0.2) is 0 Å². The van der Waals surface area contributed by atoms with E-state index >= 15 is 0 Å². The number of benzene rings is 15. The lowest BCUT2D eigenvalue weighted by atomic mass is 9.79. The van der Waals surface area contributed by atoms with Crippen LogP contribution in [0, 0.1) is 0 Å². The van der Waals surface area contributed by atoms with Gasteiger partial charge in [-0.25, -0.2) is 0 Å².